The maximum Gasteiger partial charge on any atom is 0.123 e. The van der Waals surface area contributed by atoms with Gasteiger partial charge >= 0.3 is 0 Å². The van der Waals surface area contributed by atoms with Crippen molar-refractivity contribution in [2.45, 2.75) is 58.3 Å². The summed E-state index contributed by atoms with van der Waals surface area (Å²) in [6, 6.07) is 3.41. The highest BCUT2D eigenvalue weighted by Gasteiger charge is 2.30. The molecule has 0 spiro atoms. The molecule has 1 saturated heterocycles. The molecule has 21 heavy (non-hydrogen) atoms. The van der Waals surface area contributed by atoms with E-state index < -0.39 is 0 Å². The fourth-order valence-electron chi connectivity index (χ4n) is 4.57. The first-order valence-electron chi connectivity index (χ1n) is 8.48. The normalized spacial score (nSPS) is 27.2. The lowest BCUT2D eigenvalue weighted by Gasteiger charge is -2.25. The smallest absolute Gasteiger partial charge is 0.123 e. The number of hydrogen-bond acceptors (Lipinski definition) is 1. The number of ether oxygens (including phenoxy) is 1. The van der Waals surface area contributed by atoms with Gasteiger partial charge in [0, 0.05) is 13.2 Å². The van der Waals surface area contributed by atoms with E-state index in [1.807, 2.05) is 0 Å². The first kappa shape index (κ1) is 15.0. The van der Waals surface area contributed by atoms with Crippen molar-refractivity contribution in [3.63, 3.8) is 0 Å². The average molecular weight is 290 g/mol. The number of aryl methyl sites for hydroxylation is 2. The molecule has 3 rings (SSSR count). The Morgan fingerprint density at radius 1 is 1.00 bits per heavy atom. The molecule has 1 aromatic rings. The van der Waals surface area contributed by atoms with Gasteiger partial charge in [-0.2, -0.15) is 0 Å². The first-order chi connectivity index (χ1) is 10.1. The van der Waals surface area contributed by atoms with Crippen LogP contribution in [0, 0.1) is 31.5 Å². The maximum absolute atomic E-state index is 13.5. The molecular weight excluding hydrogens is 263 g/mol. The quantitative estimate of drug-likeness (QED) is 0.748. The van der Waals surface area contributed by atoms with Crippen LogP contribution in [-0.4, -0.2) is 13.2 Å². The van der Waals surface area contributed by atoms with Gasteiger partial charge in [0.15, 0.2) is 0 Å². The zero-order valence-corrected chi connectivity index (χ0v) is 13.3. The number of hydrogen-bond donors (Lipinski definition) is 0. The molecule has 1 heterocycles. The SMILES string of the molecule is Cc1cc(F)cc(C)c1C1CCC(CC2CCOCC2)C1. The van der Waals surface area contributed by atoms with Crippen LogP contribution in [0.5, 0.6) is 0 Å². The van der Waals surface area contributed by atoms with E-state index in [1.165, 1.54) is 44.1 Å². The standard InChI is InChI=1S/C19H27FO/c1-13-9-18(20)10-14(2)19(13)17-4-3-16(12-17)11-15-5-7-21-8-6-15/h9-10,15-17H,3-8,11-12H2,1-2H3. The fourth-order valence-corrected chi connectivity index (χ4v) is 4.57. The highest BCUT2D eigenvalue weighted by Crippen LogP contribution is 2.44. The van der Waals surface area contributed by atoms with Crippen molar-refractivity contribution >= 4 is 0 Å². The van der Waals surface area contributed by atoms with Gasteiger partial charge in [-0.25, -0.2) is 4.39 Å². The molecule has 0 radical (unpaired) electrons. The summed E-state index contributed by atoms with van der Waals surface area (Å²) in [4.78, 5) is 0. The molecule has 1 aromatic carbocycles. The van der Waals surface area contributed by atoms with Crippen molar-refractivity contribution < 1.29 is 9.13 Å². The van der Waals surface area contributed by atoms with Crippen LogP contribution < -0.4 is 0 Å². The van der Waals surface area contributed by atoms with E-state index in [2.05, 4.69) is 13.8 Å². The summed E-state index contributed by atoms with van der Waals surface area (Å²) in [5, 5.41) is 0. The Labute approximate surface area is 127 Å². The fraction of sp³-hybridized carbons (Fsp3) is 0.684. The summed E-state index contributed by atoms with van der Waals surface area (Å²) in [6.45, 7) is 6.04. The molecule has 1 saturated carbocycles. The van der Waals surface area contributed by atoms with E-state index in [9.17, 15) is 4.39 Å². The summed E-state index contributed by atoms with van der Waals surface area (Å²) in [7, 11) is 0. The highest BCUT2D eigenvalue weighted by atomic mass is 19.1. The Balaban J connectivity index is 1.64. The van der Waals surface area contributed by atoms with Crippen molar-refractivity contribution in [1.29, 1.82) is 0 Å². The molecule has 1 aliphatic carbocycles. The zero-order valence-electron chi connectivity index (χ0n) is 13.3. The molecule has 2 aliphatic rings. The zero-order chi connectivity index (χ0) is 14.8. The van der Waals surface area contributed by atoms with Gasteiger partial charge in [-0.3, -0.25) is 0 Å². The molecule has 2 unspecified atom stereocenters. The third-order valence-electron chi connectivity index (χ3n) is 5.52. The van der Waals surface area contributed by atoms with Gasteiger partial charge in [0.05, 0.1) is 0 Å². The van der Waals surface area contributed by atoms with Crippen molar-refractivity contribution in [2.24, 2.45) is 11.8 Å². The van der Waals surface area contributed by atoms with Crippen LogP contribution in [0.15, 0.2) is 12.1 Å². The Hall–Kier alpha value is -0.890. The molecule has 1 aliphatic heterocycles. The lowest BCUT2D eigenvalue weighted by molar-refractivity contribution is 0.0588. The highest BCUT2D eigenvalue weighted by molar-refractivity contribution is 5.37. The summed E-state index contributed by atoms with van der Waals surface area (Å²) in [6.07, 6.45) is 7.79. The van der Waals surface area contributed by atoms with E-state index in [0.29, 0.717) is 5.92 Å². The van der Waals surface area contributed by atoms with Gasteiger partial charge in [-0.05, 0) is 98.9 Å². The summed E-state index contributed by atoms with van der Waals surface area (Å²) in [5.74, 6) is 2.29. The van der Waals surface area contributed by atoms with Gasteiger partial charge in [0.25, 0.3) is 0 Å². The molecule has 0 amide bonds. The minimum Gasteiger partial charge on any atom is -0.381 e. The number of rotatable bonds is 3. The van der Waals surface area contributed by atoms with Crippen molar-refractivity contribution in [3.05, 3.63) is 34.6 Å². The van der Waals surface area contributed by atoms with E-state index in [-0.39, 0.29) is 5.82 Å². The van der Waals surface area contributed by atoms with Gasteiger partial charge < -0.3 is 4.74 Å². The average Bonchev–Trinajstić information content (AvgIpc) is 2.87. The number of benzene rings is 1. The van der Waals surface area contributed by atoms with Crippen LogP contribution in [0.1, 0.15) is 61.1 Å². The molecule has 2 heteroatoms. The molecule has 0 N–H and O–H groups in total. The van der Waals surface area contributed by atoms with E-state index in [1.54, 1.807) is 12.1 Å². The molecule has 2 fully saturated rings. The predicted octanol–water partition coefficient (Wildman–Crippen LogP) is 5.14. The predicted molar refractivity (Wildman–Crippen MR) is 84.1 cm³/mol. The Kier molecular flexibility index (Phi) is 4.63. The van der Waals surface area contributed by atoms with Gasteiger partial charge in [0.1, 0.15) is 5.82 Å². The van der Waals surface area contributed by atoms with Crippen molar-refractivity contribution in [3.8, 4) is 0 Å². The van der Waals surface area contributed by atoms with E-state index in [0.717, 1.165) is 36.2 Å². The third-order valence-corrected chi connectivity index (χ3v) is 5.52. The van der Waals surface area contributed by atoms with Crippen LogP contribution in [0.3, 0.4) is 0 Å². The van der Waals surface area contributed by atoms with Gasteiger partial charge in [-0.15, -0.1) is 0 Å². The monoisotopic (exact) mass is 290 g/mol. The summed E-state index contributed by atoms with van der Waals surface area (Å²) in [5.41, 5.74) is 3.71. The van der Waals surface area contributed by atoms with E-state index in [4.69, 9.17) is 4.74 Å². The lowest BCUT2D eigenvalue weighted by Crippen LogP contribution is -2.18. The Bertz CT molecular complexity index is 467. The van der Waals surface area contributed by atoms with Gasteiger partial charge in [0.2, 0.25) is 0 Å². The van der Waals surface area contributed by atoms with E-state index >= 15 is 0 Å². The molecule has 0 bridgehead atoms. The minimum atomic E-state index is -0.0921. The minimum absolute atomic E-state index is 0.0921. The molecule has 1 nitrogen and oxygen atoms in total. The second-order valence-corrected chi connectivity index (χ2v) is 7.12. The molecule has 2 atom stereocenters. The topological polar surface area (TPSA) is 9.23 Å². The molecule has 0 aromatic heterocycles. The summed E-state index contributed by atoms with van der Waals surface area (Å²) >= 11 is 0. The first-order valence-corrected chi connectivity index (χ1v) is 8.48. The van der Waals surface area contributed by atoms with Crippen molar-refractivity contribution in [2.75, 3.05) is 13.2 Å². The van der Waals surface area contributed by atoms with Crippen LogP contribution in [0.4, 0.5) is 4.39 Å². The lowest BCUT2D eigenvalue weighted by atomic mass is 9.85. The Morgan fingerprint density at radius 3 is 2.33 bits per heavy atom. The van der Waals surface area contributed by atoms with Crippen molar-refractivity contribution in [1.82, 2.24) is 0 Å². The van der Waals surface area contributed by atoms with Crippen LogP contribution in [-0.2, 0) is 4.74 Å². The second-order valence-electron chi connectivity index (χ2n) is 7.12. The maximum atomic E-state index is 13.5. The summed E-state index contributed by atoms with van der Waals surface area (Å²) < 4.78 is 18.9. The molecular formula is C19H27FO. The Morgan fingerprint density at radius 2 is 1.67 bits per heavy atom. The van der Waals surface area contributed by atoms with Crippen LogP contribution in [0.25, 0.3) is 0 Å². The van der Waals surface area contributed by atoms with Gasteiger partial charge in [-0.1, -0.05) is 0 Å². The van der Waals surface area contributed by atoms with Crippen LogP contribution in [0.2, 0.25) is 0 Å². The number of halogens is 1. The second kappa shape index (κ2) is 6.48. The largest absolute Gasteiger partial charge is 0.381 e. The molecule has 116 valence electrons. The van der Waals surface area contributed by atoms with Crippen LogP contribution >= 0.6 is 0 Å². The third kappa shape index (κ3) is 3.48.